The Bertz CT molecular complexity index is 372. The van der Waals surface area contributed by atoms with Crippen LogP contribution in [0.1, 0.15) is 12.8 Å². The molecule has 0 rings (SSSR count). The maximum absolute atomic E-state index is 8.86. The molecule has 0 aromatic carbocycles. The van der Waals surface area contributed by atoms with Gasteiger partial charge in [0, 0.05) is 52.9 Å². The number of hydrogen-bond acceptors (Lipinski definition) is 14. The largest absolute Gasteiger partial charge is 0.554 e. The van der Waals surface area contributed by atoms with Crippen molar-refractivity contribution < 1.29 is 69.3 Å². The van der Waals surface area contributed by atoms with Gasteiger partial charge in [-0.15, -0.1) is 0 Å². The van der Waals surface area contributed by atoms with Crippen LogP contribution in [0.5, 0.6) is 0 Å². The van der Waals surface area contributed by atoms with Crippen LogP contribution in [0, 0.1) is 53.5 Å². The third-order valence-electron chi connectivity index (χ3n) is 4.52. The average molecular weight is 1360 g/mol. The number of aliphatic hydroxyl groups excluding tert-OH is 8. The average Bonchev–Trinajstić information content (AvgIpc) is 2.90. The molecule has 14 nitrogen and oxygen atoms in total. The molecule has 0 aliphatic carbocycles. The molecule has 0 spiro atoms. The van der Waals surface area contributed by atoms with Gasteiger partial charge in [-0.3, -0.25) is 0 Å². The van der Waals surface area contributed by atoms with Gasteiger partial charge < -0.3 is 69.3 Å². The first-order valence-electron chi connectivity index (χ1n) is 11.3. The molecule has 0 radical (unpaired) electrons. The predicted molar refractivity (Wildman–Crippen MR) is 136 cm³/mol. The fraction of sp³-hybridized carbons (Fsp3) is 0.750. The molecule has 0 aliphatic heterocycles. The van der Waals surface area contributed by atoms with E-state index in [-0.39, 0.29) is 79.3 Å². The fourth-order valence-electron chi connectivity index (χ4n) is 2.15. The van der Waals surface area contributed by atoms with Crippen molar-refractivity contribution in [2.24, 2.45) is 10.8 Å². The fourth-order valence-corrected chi connectivity index (χ4v) is 2.15. The van der Waals surface area contributed by atoms with Crippen LogP contribution in [0.3, 0.4) is 0 Å². The summed E-state index contributed by atoms with van der Waals surface area (Å²) in [4.78, 5) is 0. The van der Waals surface area contributed by atoms with Gasteiger partial charge in [0.2, 0.25) is 0 Å². The summed E-state index contributed by atoms with van der Waals surface area (Å²) in [6, 6.07) is 0. The Hall–Kier alpha value is -3.56. The van der Waals surface area contributed by atoms with Crippen molar-refractivity contribution >= 4 is 0 Å². The van der Waals surface area contributed by atoms with E-state index in [2.05, 4.69) is 71.1 Å². The molecule has 41 heavy (non-hydrogen) atoms. The summed E-state index contributed by atoms with van der Waals surface area (Å²) < 4.78 is 26.9. The van der Waals surface area contributed by atoms with Crippen molar-refractivity contribution in [2.45, 2.75) is 25.0 Å². The van der Waals surface area contributed by atoms with Gasteiger partial charge in [0.1, 0.15) is 0 Å². The summed E-state index contributed by atoms with van der Waals surface area (Å²) in [6.07, 6.45) is -0.430. The Morgan fingerprint density at radius 2 is 0.659 bits per heavy atom. The number of ether oxygens (including phenoxy) is 6. The molecule has 0 bridgehead atoms. The predicted octanol–water partition coefficient (Wildman–Crippen LogP) is -1.78. The van der Waals surface area contributed by atoms with Crippen LogP contribution in [-0.2, 0) is 28.4 Å². The van der Waals surface area contributed by atoms with Crippen LogP contribution >= 0.6 is 0 Å². The standard InChI is InChI=1S/2C7H14O4.2C5H11O3.3Rf/c2*1-10-5-7(3-8,4-9)6-11-2;2*1-8-4-5(7)2-3-6;;;/h2*8-9H,1-6H2;2*5-7H,1-4H2;;;/q2*-2;2*-1;;;. The molecule has 8 N–H and O–H groups in total. The molecule has 0 heterocycles. The SMILES string of the molecule is [CH2-]OCC(CO)(CO)CO[CH2-].[CH2-]OCC(CO)(CO)CO[CH2-].[CH2-]OCC(O)CCO.[CH2-]OCC(O)CCO.[Rf].[Rf].[Rf]. The molecule has 0 aliphatic rings. The quantitative estimate of drug-likeness (QED) is 0.0634. The number of hydrogen-bond donors (Lipinski definition) is 8. The Balaban J connectivity index is -0.0000000742. The van der Waals surface area contributed by atoms with Gasteiger partial charge in [-0.2, -0.15) is 0 Å². The Labute approximate surface area is 227 Å². The minimum Gasteiger partial charge on any atom is -0.554 e. The summed E-state index contributed by atoms with van der Waals surface area (Å²) in [6.45, 7) is 0.110. The van der Waals surface area contributed by atoms with Crippen LogP contribution in [-0.4, -0.2) is 132 Å². The second kappa shape index (κ2) is 38.6. The zero-order valence-corrected chi connectivity index (χ0v) is 43.6. The normalized spacial score (nSPS) is 11.9. The minimum atomic E-state index is -0.774. The van der Waals surface area contributed by atoms with Gasteiger partial charge in [-0.1, -0.05) is 0 Å². The first kappa shape index (κ1) is 53.7. The van der Waals surface area contributed by atoms with Gasteiger partial charge >= 0.3 is 0 Å². The van der Waals surface area contributed by atoms with Crippen molar-refractivity contribution in [3.63, 3.8) is 0 Å². The third-order valence-corrected chi connectivity index (χ3v) is 4.52. The van der Waals surface area contributed by atoms with E-state index in [9.17, 15) is 0 Å². The van der Waals surface area contributed by atoms with Crippen LogP contribution < -0.4 is 0 Å². The van der Waals surface area contributed by atoms with Gasteiger partial charge in [0.05, 0.1) is 49.5 Å². The van der Waals surface area contributed by atoms with E-state index in [1.807, 2.05) is 0 Å². The third kappa shape index (κ3) is 32.5. The summed E-state index contributed by atoms with van der Waals surface area (Å²) in [5, 5.41) is 69.4. The first-order chi connectivity index (χ1) is 18.1. The van der Waals surface area contributed by atoms with Crippen molar-refractivity contribution in [2.75, 3.05) is 79.3 Å². The van der Waals surface area contributed by atoms with E-state index in [1.165, 1.54) is 0 Å². The summed E-state index contributed by atoms with van der Waals surface area (Å²) in [5.41, 5.74) is -1.55. The van der Waals surface area contributed by atoms with Gasteiger partial charge in [0.15, 0.2) is 0 Å². The topological polar surface area (TPSA) is 217 Å². The summed E-state index contributed by atoms with van der Waals surface area (Å²) >= 11 is 0. The van der Waals surface area contributed by atoms with E-state index in [0.717, 1.165) is 0 Å². The number of aliphatic hydroxyl groups is 8. The molecule has 0 aromatic heterocycles. The Morgan fingerprint density at radius 1 is 0.439 bits per heavy atom. The van der Waals surface area contributed by atoms with Crippen LogP contribution in [0.4, 0.5) is 0 Å². The second-order valence-electron chi connectivity index (χ2n) is 8.10. The molecule has 0 saturated heterocycles. The van der Waals surface area contributed by atoms with Gasteiger partial charge in [0.25, 0.3) is 0 Å². The smallest absolute Gasteiger partial charge is 0.0765 e. The van der Waals surface area contributed by atoms with Crippen LogP contribution in [0.15, 0.2) is 0 Å². The molecule has 0 fully saturated rings. The Morgan fingerprint density at radius 3 is 0.780 bits per heavy atom. The molecule has 242 valence electrons. The zero-order chi connectivity index (χ0) is 30.3. The monoisotopic (exact) mass is 1360 g/mol. The molecule has 0 amide bonds. The van der Waals surface area contributed by atoms with Gasteiger partial charge in [-0.05, 0) is 12.8 Å². The van der Waals surface area contributed by atoms with Crippen LogP contribution in [0.25, 0.3) is 0 Å². The Kier molecular flexibility index (Phi) is 50.5. The van der Waals surface area contributed by atoms with Crippen molar-refractivity contribution in [1.82, 2.24) is 0 Å². The van der Waals surface area contributed by atoms with Crippen molar-refractivity contribution in [1.29, 1.82) is 0 Å². The summed E-state index contributed by atoms with van der Waals surface area (Å²) in [5.74, 6) is 0. The molecule has 0 saturated carbocycles. The maximum atomic E-state index is 8.86. The summed E-state index contributed by atoms with van der Waals surface area (Å²) in [7, 11) is 18.7. The van der Waals surface area contributed by atoms with E-state index in [1.54, 1.807) is 0 Å². The van der Waals surface area contributed by atoms with E-state index in [4.69, 9.17) is 40.9 Å². The van der Waals surface area contributed by atoms with E-state index in [0.29, 0.717) is 12.8 Å². The molecule has 17 heteroatoms. The minimum absolute atomic E-state index is 0. The zero-order valence-electron chi connectivity index (χ0n) is 24.4. The van der Waals surface area contributed by atoms with Crippen LogP contribution in [0.2, 0.25) is 0 Å². The number of rotatable bonds is 20. The van der Waals surface area contributed by atoms with E-state index < -0.39 is 23.0 Å². The first-order valence-corrected chi connectivity index (χ1v) is 11.3. The van der Waals surface area contributed by atoms with E-state index >= 15 is 0 Å². The van der Waals surface area contributed by atoms with Gasteiger partial charge in [-0.25, -0.2) is 42.7 Å². The van der Waals surface area contributed by atoms with Crippen molar-refractivity contribution in [3.8, 4) is 0 Å². The molecule has 2 unspecified atom stereocenters. The maximum Gasteiger partial charge on any atom is 0.0765 e. The molecule has 2 atom stereocenters. The van der Waals surface area contributed by atoms with Crippen molar-refractivity contribution in [3.05, 3.63) is 42.7 Å². The molecule has 0 aromatic rings. The second-order valence-corrected chi connectivity index (χ2v) is 8.10. The molecular weight excluding hydrogens is 1310 g/mol. The molecular formula is C24H50O14Rf3-6.